The predicted octanol–water partition coefficient (Wildman–Crippen LogP) is 1.83. The zero-order valence-corrected chi connectivity index (χ0v) is 18.3. The summed E-state index contributed by atoms with van der Waals surface area (Å²) in [5.74, 6) is 2.41. The summed E-state index contributed by atoms with van der Waals surface area (Å²) < 4.78 is 23.8. The maximum atomic E-state index is 12.3. The van der Waals surface area contributed by atoms with Crippen molar-refractivity contribution >= 4 is 15.8 Å². The van der Waals surface area contributed by atoms with Crippen molar-refractivity contribution in [2.75, 3.05) is 45.5 Å². The summed E-state index contributed by atoms with van der Waals surface area (Å²) in [5, 5.41) is 3.53. The molecule has 1 N–H and O–H groups in total. The highest BCUT2D eigenvalue weighted by molar-refractivity contribution is 7.92. The van der Waals surface area contributed by atoms with E-state index in [9.17, 15) is 8.42 Å². The first kappa shape index (κ1) is 21.5. The molecule has 0 aromatic carbocycles. The van der Waals surface area contributed by atoms with E-state index in [-0.39, 0.29) is 5.75 Å². The van der Waals surface area contributed by atoms with Gasteiger partial charge < -0.3 is 10.2 Å². The summed E-state index contributed by atoms with van der Waals surface area (Å²) in [6, 6.07) is 0.473. The fourth-order valence-electron chi connectivity index (χ4n) is 4.00. The molecule has 0 spiro atoms. The Morgan fingerprint density at radius 1 is 1.23 bits per heavy atom. The molecule has 1 atom stereocenters. The SMILES string of the molecule is CN=C(NCC(C(C)C)N1CCC(C)CC1)N1CCS(=O)(=O)C(C)(C)C1. The van der Waals surface area contributed by atoms with Crippen molar-refractivity contribution in [1.82, 2.24) is 15.1 Å². The van der Waals surface area contributed by atoms with Gasteiger partial charge >= 0.3 is 0 Å². The second-order valence-corrected chi connectivity index (χ2v) is 11.7. The molecule has 0 aliphatic carbocycles. The normalized spacial score (nSPS) is 26.1. The summed E-state index contributed by atoms with van der Waals surface area (Å²) in [4.78, 5) is 9.13. The lowest BCUT2D eigenvalue weighted by molar-refractivity contribution is 0.109. The van der Waals surface area contributed by atoms with Crippen molar-refractivity contribution in [1.29, 1.82) is 0 Å². The Morgan fingerprint density at radius 3 is 2.35 bits per heavy atom. The van der Waals surface area contributed by atoms with E-state index in [2.05, 4.69) is 40.9 Å². The lowest BCUT2D eigenvalue weighted by atomic mass is 9.94. The Kier molecular flexibility index (Phi) is 6.99. The van der Waals surface area contributed by atoms with Crippen molar-refractivity contribution in [2.45, 2.75) is 58.2 Å². The molecule has 152 valence electrons. The fourth-order valence-corrected chi connectivity index (χ4v) is 5.37. The van der Waals surface area contributed by atoms with E-state index in [1.807, 2.05) is 13.8 Å². The minimum absolute atomic E-state index is 0.193. The van der Waals surface area contributed by atoms with Crippen LogP contribution in [0, 0.1) is 11.8 Å². The molecule has 0 aromatic heterocycles. The molecule has 2 saturated heterocycles. The van der Waals surface area contributed by atoms with Gasteiger partial charge in [-0.1, -0.05) is 20.8 Å². The number of hydrogen-bond donors (Lipinski definition) is 1. The highest BCUT2D eigenvalue weighted by Gasteiger charge is 2.41. The fraction of sp³-hybridized carbons (Fsp3) is 0.947. The molecule has 0 bridgehead atoms. The molecular formula is C19H38N4O2S. The standard InChI is InChI=1S/C19H38N4O2S/c1-15(2)17(22-9-7-16(3)8-10-22)13-21-18(20-6)23-11-12-26(24,25)19(4,5)14-23/h15-17H,7-14H2,1-6H3,(H,20,21). The van der Waals surface area contributed by atoms with Gasteiger partial charge in [0.05, 0.1) is 10.5 Å². The molecular weight excluding hydrogens is 348 g/mol. The van der Waals surface area contributed by atoms with Crippen molar-refractivity contribution in [3.63, 3.8) is 0 Å². The molecule has 6 nitrogen and oxygen atoms in total. The van der Waals surface area contributed by atoms with Gasteiger partial charge in [-0.05, 0) is 51.6 Å². The average Bonchev–Trinajstić information content (AvgIpc) is 2.55. The Labute approximate surface area is 160 Å². The summed E-state index contributed by atoms with van der Waals surface area (Å²) in [5.41, 5.74) is 0. The number of piperidine rings is 1. The van der Waals surface area contributed by atoms with Gasteiger partial charge in [-0.3, -0.25) is 9.89 Å². The number of likely N-dealkylation sites (tertiary alicyclic amines) is 1. The van der Waals surface area contributed by atoms with Crippen LogP contribution in [-0.2, 0) is 9.84 Å². The molecule has 0 aromatic rings. The van der Waals surface area contributed by atoms with Crippen molar-refractivity contribution < 1.29 is 8.42 Å². The number of hydrogen-bond acceptors (Lipinski definition) is 4. The van der Waals surface area contributed by atoms with Crippen LogP contribution in [0.25, 0.3) is 0 Å². The van der Waals surface area contributed by atoms with Crippen LogP contribution in [0.1, 0.15) is 47.5 Å². The number of sulfone groups is 1. The molecule has 1 unspecified atom stereocenters. The van der Waals surface area contributed by atoms with Crippen LogP contribution < -0.4 is 5.32 Å². The smallest absolute Gasteiger partial charge is 0.193 e. The van der Waals surface area contributed by atoms with Crippen LogP contribution in [0.5, 0.6) is 0 Å². The molecule has 0 amide bonds. The van der Waals surface area contributed by atoms with Crippen LogP contribution >= 0.6 is 0 Å². The monoisotopic (exact) mass is 386 g/mol. The minimum atomic E-state index is -3.04. The van der Waals surface area contributed by atoms with E-state index in [4.69, 9.17) is 0 Å². The third kappa shape index (κ3) is 4.91. The molecule has 2 rings (SSSR count). The molecule has 2 aliphatic rings. The molecule has 2 aliphatic heterocycles. The van der Waals surface area contributed by atoms with E-state index < -0.39 is 14.6 Å². The summed E-state index contributed by atoms with van der Waals surface area (Å²) in [6.07, 6.45) is 2.55. The van der Waals surface area contributed by atoms with Gasteiger partial charge in [-0.2, -0.15) is 0 Å². The first-order chi connectivity index (χ1) is 12.1. The maximum Gasteiger partial charge on any atom is 0.193 e. The van der Waals surface area contributed by atoms with Gasteiger partial charge in [-0.15, -0.1) is 0 Å². The zero-order valence-electron chi connectivity index (χ0n) is 17.5. The van der Waals surface area contributed by atoms with Crippen molar-refractivity contribution in [2.24, 2.45) is 16.8 Å². The number of nitrogens with zero attached hydrogens (tertiary/aromatic N) is 3. The number of aliphatic imine (C=N–C) groups is 1. The molecule has 2 heterocycles. The first-order valence-corrected chi connectivity index (χ1v) is 11.6. The molecule has 0 saturated carbocycles. The number of guanidine groups is 1. The third-order valence-corrected chi connectivity index (χ3v) is 8.61. The van der Waals surface area contributed by atoms with E-state index in [1.165, 1.54) is 25.9 Å². The minimum Gasteiger partial charge on any atom is -0.355 e. The van der Waals surface area contributed by atoms with Gasteiger partial charge in [0, 0.05) is 32.7 Å². The highest BCUT2D eigenvalue weighted by atomic mass is 32.2. The lowest BCUT2D eigenvalue weighted by Crippen LogP contribution is -2.58. The Bertz CT molecular complexity index is 593. The average molecular weight is 387 g/mol. The van der Waals surface area contributed by atoms with Crippen LogP contribution in [-0.4, -0.2) is 80.5 Å². The van der Waals surface area contributed by atoms with Crippen molar-refractivity contribution in [3.8, 4) is 0 Å². The van der Waals surface area contributed by atoms with E-state index in [1.54, 1.807) is 7.05 Å². The Balaban J connectivity index is 1.99. The molecule has 26 heavy (non-hydrogen) atoms. The summed E-state index contributed by atoms with van der Waals surface area (Å²) >= 11 is 0. The van der Waals surface area contributed by atoms with Crippen LogP contribution in [0.4, 0.5) is 0 Å². The van der Waals surface area contributed by atoms with Crippen LogP contribution in [0.3, 0.4) is 0 Å². The van der Waals surface area contributed by atoms with E-state index >= 15 is 0 Å². The highest BCUT2D eigenvalue weighted by Crippen LogP contribution is 2.24. The lowest BCUT2D eigenvalue weighted by Gasteiger charge is -2.41. The zero-order chi connectivity index (χ0) is 19.5. The second-order valence-electron chi connectivity index (χ2n) is 8.96. The first-order valence-electron chi connectivity index (χ1n) is 9.99. The van der Waals surface area contributed by atoms with Gasteiger partial charge in [0.15, 0.2) is 15.8 Å². The van der Waals surface area contributed by atoms with Crippen molar-refractivity contribution in [3.05, 3.63) is 0 Å². The maximum absolute atomic E-state index is 12.3. The Hall–Kier alpha value is -0.820. The van der Waals surface area contributed by atoms with Gasteiger partial charge in [0.2, 0.25) is 0 Å². The summed E-state index contributed by atoms with van der Waals surface area (Å²) in [7, 11) is -1.25. The van der Waals surface area contributed by atoms with Crippen LogP contribution in [0.2, 0.25) is 0 Å². The van der Waals surface area contributed by atoms with Gasteiger partial charge in [0.25, 0.3) is 0 Å². The number of nitrogens with one attached hydrogen (secondary N) is 1. The molecule has 2 fully saturated rings. The topological polar surface area (TPSA) is 65.0 Å². The molecule has 7 heteroatoms. The van der Waals surface area contributed by atoms with Gasteiger partial charge in [0.1, 0.15) is 0 Å². The van der Waals surface area contributed by atoms with Gasteiger partial charge in [-0.25, -0.2) is 8.42 Å². The summed E-state index contributed by atoms with van der Waals surface area (Å²) in [6.45, 7) is 14.7. The van der Waals surface area contributed by atoms with Crippen LogP contribution in [0.15, 0.2) is 4.99 Å². The largest absolute Gasteiger partial charge is 0.355 e. The quantitative estimate of drug-likeness (QED) is 0.590. The van der Waals surface area contributed by atoms with E-state index in [0.29, 0.717) is 25.0 Å². The van der Waals surface area contributed by atoms with E-state index in [0.717, 1.165) is 18.4 Å². The predicted molar refractivity (Wildman–Crippen MR) is 109 cm³/mol. The Morgan fingerprint density at radius 2 is 1.85 bits per heavy atom. The third-order valence-electron chi connectivity index (χ3n) is 6.08. The molecule has 0 radical (unpaired) electrons. The number of rotatable bonds is 4. The second kappa shape index (κ2) is 8.46.